The molecule has 1 aliphatic carbocycles. The second-order valence-electron chi connectivity index (χ2n) is 7.82. The number of fused-ring (bicyclic) bond motifs is 1. The molecule has 2 amide bonds. The monoisotopic (exact) mass is 393 g/mol. The summed E-state index contributed by atoms with van der Waals surface area (Å²) in [5.41, 5.74) is 3.82. The Morgan fingerprint density at radius 2 is 1.76 bits per heavy atom. The maximum atomic E-state index is 12.6. The van der Waals surface area contributed by atoms with Gasteiger partial charge in [-0.25, -0.2) is 9.97 Å². The average Bonchev–Trinajstić information content (AvgIpc) is 2.74. The zero-order valence-corrected chi connectivity index (χ0v) is 16.8. The van der Waals surface area contributed by atoms with Crippen LogP contribution in [-0.2, 0) is 17.6 Å². The molecule has 152 valence electrons. The summed E-state index contributed by atoms with van der Waals surface area (Å²) in [6.45, 7) is 3.23. The number of nitrogens with zero attached hydrogens (tertiary/aromatic N) is 3. The van der Waals surface area contributed by atoms with Crippen LogP contribution in [0.2, 0.25) is 0 Å². The molecule has 2 N–H and O–H groups in total. The van der Waals surface area contributed by atoms with E-state index >= 15 is 0 Å². The van der Waals surface area contributed by atoms with E-state index in [0.717, 1.165) is 44.6 Å². The summed E-state index contributed by atoms with van der Waals surface area (Å²) in [5, 5.41) is 5.85. The second-order valence-corrected chi connectivity index (χ2v) is 7.82. The number of rotatable bonds is 4. The maximum absolute atomic E-state index is 12.6. The molecule has 0 radical (unpaired) electrons. The van der Waals surface area contributed by atoms with E-state index in [0.29, 0.717) is 11.3 Å². The number of aromatic nitrogens is 2. The number of carbonyl (C=O) groups excluding carboxylic acids is 2. The lowest BCUT2D eigenvalue weighted by molar-refractivity contribution is -0.114. The number of piperidine rings is 1. The molecule has 1 aromatic carbocycles. The van der Waals surface area contributed by atoms with Gasteiger partial charge in [-0.1, -0.05) is 0 Å². The molecule has 1 fully saturated rings. The quantitative estimate of drug-likeness (QED) is 0.834. The van der Waals surface area contributed by atoms with Gasteiger partial charge in [-0.15, -0.1) is 0 Å². The third kappa shape index (κ3) is 4.55. The SMILES string of the molecule is CC(=O)Nc1ccc(C(=O)NC2CCN(c3ncnc4c3CCCC4)CC2)cc1. The summed E-state index contributed by atoms with van der Waals surface area (Å²) < 4.78 is 0. The second kappa shape index (κ2) is 8.59. The van der Waals surface area contributed by atoms with Gasteiger partial charge in [0.15, 0.2) is 0 Å². The zero-order valence-electron chi connectivity index (χ0n) is 16.8. The summed E-state index contributed by atoms with van der Waals surface area (Å²) in [4.78, 5) is 35.0. The molecule has 7 heteroatoms. The van der Waals surface area contributed by atoms with Crippen LogP contribution < -0.4 is 15.5 Å². The molecular weight excluding hydrogens is 366 g/mol. The Morgan fingerprint density at radius 3 is 2.48 bits per heavy atom. The van der Waals surface area contributed by atoms with E-state index in [1.165, 1.54) is 31.0 Å². The Bertz CT molecular complexity index is 889. The lowest BCUT2D eigenvalue weighted by Crippen LogP contribution is -2.45. The molecule has 1 saturated heterocycles. The van der Waals surface area contributed by atoms with Crippen molar-refractivity contribution in [2.75, 3.05) is 23.3 Å². The van der Waals surface area contributed by atoms with Gasteiger partial charge in [-0.2, -0.15) is 0 Å². The van der Waals surface area contributed by atoms with Crippen LogP contribution in [0.25, 0.3) is 0 Å². The van der Waals surface area contributed by atoms with Crippen LogP contribution in [0.5, 0.6) is 0 Å². The number of anilines is 2. The molecule has 0 atom stereocenters. The first-order valence-electron chi connectivity index (χ1n) is 10.4. The summed E-state index contributed by atoms with van der Waals surface area (Å²) >= 11 is 0. The van der Waals surface area contributed by atoms with Crippen molar-refractivity contribution in [3.8, 4) is 0 Å². The van der Waals surface area contributed by atoms with Crippen LogP contribution in [0, 0.1) is 0 Å². The van der Waals surface area contributed by atoms with E-state index in [4.69, 9.17) is 0 Å². The standard InChI is InChI=1S/C22H27N5O2/c1-15(28)25-17-8-6-16(7-9-17)22(29)26-18-10-12-27(13-11-18)21-19-4-2-3-5-20(19)23-14-24-21/h6-9,14,18H,2-5,10-13H2,1H3,(H,25,28)(H,26,29). The van der Waals surface area contributed by atoms with Crippen LogP contribution in [0.4, 0.5) is 11.5 Å². The molecule has 2 aromatic rings. The van der Waals surface area contributed by atoms with Gasteiger partial charge in [0.05, 0.1) is 0 Å². The fourth-order valence-corrected chi connectivity index (χ4v) is 4.19. The van der Waals surface area contributed by atoms with Crippen molar-refractivity contribution < 1.29 is 9.59 Å². The minimum Gasteiger partial charge on any atom is -0.356 e. The molecule has 0 saturated carbocycles. The van der Waals surface area contributed by atoms with Crippen molar-refractivity contribution in [1.82, 2.24) is 15.3 Å². The first kappa shape index (κ1) is 19.4. The van der Waals surface area contributed by atoms with Crippen LogP contribution in [0.1, 0.15) is 54.2 Å². The highest BCUT2D eigenvalue weighted by atomic mass is 16.2. The van der Waals surface area contributed by atoms with Gasteiger partial charge in [-0.3, -0.25) is 9.59 Å². The molecule has 29 heavy (non-hydrogen) atoms. The van der Waals surface area contributed by atoms with Crippen LogP contribution in [-0.4, -0.2) is 40.9 Å². The van der Waals surface area contributed by atoms with Gasteiger partial charge in [-0.05, 0) is 62.8 Å². The molecule has 2 heterocycles. The molecule has 2 aliphatic rings. The molecule has 4 rings (SSSR count). The topological polar surface area (TPSA) is 87.2 Å². The molecule has 0 spiro atoms. The highest BCUT2D eigenvalue weighted by molar-refractivity contribution is 5.95. The summed E-state index contributed by atoms with van der Waals surface area (Å²) in [6.07, 6.45) is 8.03. The van der Waals surface area contributed by atoms with Crippen molar-refractivity contribution in [3.63, 3.8) is 0 Å². The number of benzene rings is 1. The van der Waals surface area contributed by atoms with Gasteiger partial charge < -0.3 is 15.5 Å². The van der Waals surface area contributed by atoms with Gasteiger partial charge in [0.2, 0.25) is 5.91 Å². The van der Waals surface area contributed by atoms with Crippen molar-refractivity contribution in [2.24, 2.45) is 0 Å². The first-order valence-corrected chi connectivity index (χ1v) is 10.4. The lowest BCUT2D eigenvalue weighted by Gasteiger charge is -2.35. The maximum Gasteiger partial charge on any atom is 0.251 e. The Kier molecular flexibility index (Phi) is 5.74. The number of aryl methyl sites for hydroxylation is 1. The van der Waals surface area contributed by atoms with Crippen LogP contribution in [0.15, 0.2) is 30.6 Å². The predicted molar refractivity (Wildman–Crippen MR) is 112 cm³/mol. The number of hydrogen-bond acceptors (Lipinski definition) is 5. The summed E-state index contributed by atoms with van der Waals surface area (Å²) in [7, 11) is 0. The van der Waals surface area contributed by atoms with E-state index in [9.17, 15) is 9.59 Å². The number of hydrogen-bond donors (Lipinski definition) is 2. The Labute approximate surface area is 170 Å². The minimum absolute atomic E-state index is 0.0720. The highest BCUT2D eigenvalue weighted by Crippen LogP contribution is 2.28. The number of carbonyl (C=O) groups is 2. The predicted octanol–water partition coefficient (Wildman–Crippen LogP) is 2.71. The van der Waals surface area contributed by atoms with Crippen molar-refractivity contribution in [3.05, 3.63) is 47.4 Å². The van der Waals surface area contributed by atoms with Crippen molar-refractivity contribution in [2.45, 2.75) is 51.5 Å². The van der Waals surface area contributed by atoms with Gasteiger partial charge in [0.1, 0.15) is 12.1 Å². The van der Waals surface area contributed by atoms with Gasteiger partial charge in [0.25, 0.3) is 5.91 Å². The average molecular weight is 393 g/mol. The lowest BCUT2D eigenvalue weighted by atomic mass is 9.95. The first-order chi connectivity index (χ1) is 14.1. The Balaban J connectivity index is 1.33. The normalized spacial score (nSPS) is 16.8. The Morgan fingerprint density at radius 1 is 1.03 bits per heavy atom. The zero-order chi connectivity index (χ0) is 20.2. The van der Waals surface area contributed by atoms with Crippen LogP contribution in [0.3, 0.4) is 0 Å². The molecule has 1 aromatic heterocycles. The summed E-state index contributed by atoms with van der Waals surface area (Å²) in [5.74, 6) is 0.893. The van der Waals surface area contributed by atoms with E-state index in [2.05, 4.69) is 25.5 Å². The van der Waals surface area contributed by atoms with Gasteiger partial charge in [0, 0.05) is 48.6 Å². The van der Waals surface area contributed by atoms with Crippen molar-refractivity contribution >= 4 is 23.3 Å². The van der Waals surface area contributed by atoms with Crippen molar-refractivity contribution in [1.29, 1.82) is 0 Å². The molecule has 1 aliphatic heterocycles. The van der Waals surface area contributed by atoms with Crippen LogP contribution >= 0.6 is 0 Å². The summed E-state index contributed by atoms with van der Waals surface area (Å²) in [6, 6.07) is 7.13. The van der Waals surface area contributed by atoms with E-state index < -0.39 is 0 Å². The van der Waals surface area contributed by atoms with E-state index in [1.54, 1.807) is 30.6 Å². The molecule has 0 bridgehead atoms. The molecule has 0 unspecified atom stereocenters. The molecular formula is C22H27N5O2. The fourth-order valence-electron chi connectivity index (χ4n) is 4.19. The fraction of sp³-hybridized carbons (Fsp3) is 0.455. The van der Waals surface area contributed by atoms with Gasteiger partial charge >= 0.3 is 0 Å². The third-order valence-electron chi connectivity index (χ3n) is 5.70. The highest BCUT2D eigenvalue weighted by Gasteiger charge is 2.25. The largest absolute Gasteiger partial charge is 0.356 e. The third-order valence-corrected chi connectivity index (χ3v) is 5.70. The minimum atomic E-state index is -0.126. The van der Waals surface area contributed by atoms with E-state index in [-0.39, 0.29) is 17.9 Å². The Hall–Kier alpha value is -2.96. The van der Waals surface area contributed by atoms with E-state index in [1.807, 2.05) is 0 Å². The molecule has 7 nitrogen and oxygen atoms in total. The number of nitrogens with one attached hydrogen (secondary N) is 2. The smallest absolute Gasteiger partial charge is 0.251 e. The number of amides is 2.